The van der Waals surface area contributed by atoms with E-state index in [1.165, 1.54) is 0 Å². The van der Waals surface area contributed by atoms with E-state index in [9.17, 15) is 0 Å². The molecule has 0 bridgehead atoms. The molecule has 72 valence electrons. The molecule has 0 aromatic carbocycles. The van der Waals surface area contributed by atoms with Gasteiger partial charge in [-0.1, -0.05) is 0 Å². The van der Waals surface area contributed by atoms with Gasteiger partial charge in [0.25, 0.3) is 0 Å². The van der Waals surface area contributed by atoms with Crippen molar-refractivity contribution in [1.29, 1.82) is 0 Å². The first-order valence-electron chi connectivity index (χ1n) is 4.26. The lowest BCUT2D eigenvalue weighted by Gasteiger charge is -2.25. The van der Waals surface area contributed by atoms with Crippen molar-refractivity contribution in [3.05, 3.63) is 0 Å². The second-order valence-electron chi connectivity index (χ2n) is 2.99. The third kappa shape index (κ3) is 1.57. The Balaban J connectivity index is 2.14. The molecule has 0 atom stereocenters. The molecule has 6 heteroatoms. The minimum atomic E-state index is 0.446. The van der Waals surface area contributed by atoms with Crippen LogP contribution < -0.4 is 10.6 Å². The van der Waals surface area contributed by atoms with Gasteiger partial charge < -0.3 is 15.4 Å². The zero-order valence-corrected chi connectivity index (χ0v) is 7.60. The van der Waals surface area contributed by atoms with Crippen LogP contribution in [0, 0.1) is 0 Å². The summed E-state index contributed by atoms with van der Waals surface area (Å²) in [6.45, 7) is 3.14. The predicted molar refractivity (Wildman–Crippen MR) is 48.4 cm³/mol. The van der Waals surface area contributed by atoms with E-state index in [0.29, 0.717) is 11.9 Å². The van der Waals surface area contributed by atoms with Crippen LogP contribution in [0.1, 0.15) is 0 Å². The maximum atomic E-state index is 5.58. The highest BCUT2D eigenvalue weighted by atomic mass is 16.5. The van der Waals surface area contributed by atoms with Gasteiger partial charge in [0.15, 0.2) is 0 Å². The molecule has 1 aliphatic rings. The van der Waals surface area contributed by atoms with Gasteiger partial charge in [-0.2, -0.15) is 4.98 Å². The van der Waals surface area contributed by atoms with Gasteiger partial charge >= 0.3 is 0 Å². The van der Waals surface area contributed by atoms with E-state index in [1.54, 1.807) is 11.7 Å². The summed E-state index contributed by atoms with van der Waals surface area (Å²) in [6.07, 6.45) is 0. The molecular weight excluding hydrogens is 170 g/mol. The molecule has 1 saturated heterocycles. The Hall–Kier alpha value is -1.30. The second-order valence-corrected chi connectivity index (χ2v) is 2.99. The Morgan fingerprint density at radius 1 is 1.38 bits per heavy atom. The fourth-order valence-electron chi connectivity index (χ4n) is 1.28. The van der Waals surface area contributed by atoms with Gasteiger partial charge in [-0.15, -0.1) is 5.10 Å². The van der Waals surface area contributed by atoms with Crippen LogP contribution in [0.3, 0.4) is 0 Å². The summed E-state index contributed by atoms with van der Waals surface area (Å²) < 4.78 is 6.80. The van der Waals surface area contributed by atoms with Crippen molar-refractivity contribution in [2.45, 2.75) is 0 Å². The van der Waals surface area contributed by atoms with Crippen LogP contribution in [0.4, 0.5) is 11.9 Å². The number of nitrogens with two attached hydrogens (primary N) is 1. The number of hydrogen-bond donors (Lipinski definition) is 1. The maximum Gasteiger partial charge on any atom is 0.246 e. The molecule has 6 nitrogen and oxygen atoms in total. The molecule has 1 aromatic rings. The van der Waals surface area contributed by atoms with Gasteiger partial charge in [0, 0.05) is 20.1 Å². The Morgan fingerprint density at radius 3 is 2.62 bits per heavy atom. The number of rotatable bonds is 1. The quantitative estimate of drug-likeness (QED) is 0.619. The SMILES string of the molecule is Cn1nc(N2CCOCC2)nc1N. The van der Waals surface area contributed by atoms with Crippen molar-refractivity contribution in [1.82, 2.24) is 14.8 Å². The topological polar surface area (TPSA) is 69.2 Å². The van der Waals surface area contributed by atoms with Gasteiger partial charge in [-0.3, -0.25) is 0 Å². The van der Waals surface area contributed by atoms with E-state index in [-0.39, 0.29) is 0 Å². The lowest BCUT2D eigenvalue weighted by molar-refractivity contribution is 0.122. The fourth-order valence-corrected chi connectivity index (χ4v) is 1.28. The largest absolute Gasteiger partial charge is 0.378 e. The van der Waals surface area contributed by atoms with E-state index < -0.39 is 0 Å². The summed E-state index contributed by atoms with van der Waals surface area (Å²) in [6, 6.07) is 0. The minimum absolute atomic E-state index is 0.446. The number of ether oxygens (including phenoxy) is 1. The molecule has 0 radical (unpaired) electrons. The highest BCUT2D eigenvalue weighted by Gasteiger charge is 2.15. The van der Waals surface area contributed by atoms with Crippen LogP contribution in [-0.2, 0) is 11.8 Å². The zero-order chi connectivity index (χ0) is 9.26. The zero-order valence-electron chi connectivity index (χ0n) is 7.60. The van der Waals surface area contributed by atoms with E-state index in [0.717, 1.165) is 26.3 Å². The van der Waals surface area contributed by atoms with Crippen LogP contribution in [-0.4, -0.2) is 41.1 Å². The van der Waals surface area contributed by atoms with Crippen LogP contribution in [0.15, 0.2) is 0 Å². The molecule has 1 fully saturated rings. The number of morpholine rings is 1. The summed E-state index contributed by atoms with van der Waals surface area (Å²) in [5, 5.41) is 4.18. The third-order valence-corrected chi connectivity index (χ3v) is 2.08. The van der Waals surface area contributed by atoms with E-state index in [4.69, 9.17) is 10.5 Å². The molecule has 13 heavy (non-hydrogen) atoms. The van der Waals surface area contributed by atoms with Gasteiger partial charge in [0.05, 0.1) is 13.2 Å². The van der Waals surface area contributed by atoms with Crippen LogP contribution in [0.25, 0.3) is 0 Å². The summed E-state index contributed by atoms with van der Waals surface area (Å²) in [4.78, 5) is 6.20. The lowest BCUT2D eigenvalue weighted by atomic mass is 10.4. The average molecular weight is 183 g/mol. The van der Waals surface area contributed by atoms with Crippen LogP contribution in [0.5, 0.6) is 0 Å². The molecule has 0 aliphatic carbocycles. The van der Waals surface area contributed by atoms with Crippen molar-refractivity contribution in [3.8, 4) is 0 Å². The van der Waals surface area contributed by atoms with Gasteiger partial charge in [0.2, 0.25) is 11.9 Å². The molecule has 2 heterocycles. The molecule has 0 saturated carbocycles. The standard InChI is InChI=1S/C7H13N5O/c1-11-6(8)9-7(10-11)12-2-4-13-5-3-12/h2-5H2,1H3,(H2,8,9,10). The van der Waals surface area contributed by atoms with Crippen LogP contribution in [0.2, 0.25) is 0 Å². The molecule has 0 unspecified atom stereocenters. The van der Waals surface area contributed by atoms with Crippen molar-refractivity contribution in [2.75, 3.05) is 36.9 Å². The molecule has 0 amide bonds. The smallest absolute Gasteiger partial charge is 0.246 e. The second kappa shape index (κ2) is 3.21. The number of anilines is 2. The number of aryl methyl sites for hydroxylation is 1. The number of aromatic nitrogens is 3. The average Bonchev–Trinajstić information content (AvgIpc) is 2.49. The third-order valence-electron chi connectivity index (χ3n) is 2.08. The Labute approximate surface area is 76.3 Å². The molecule has 0 spiro atoms. The van der Waals surface area contributed by atoms with Crippen molar-refractivity contribution in [2.24, 2.45) is 7.05 Å². The fraction of sp³-hybridized carbons (Fsp3) is 0.714. The molecule has 1 aliphatic heterocycles. The predicted octanol–water partition coefficient (Wildman–Crippen LogP) is -0.766. The molecule has 2 N–H and O–H groups in total. The summed E-state index contributed by atoms with van der Waals surface area (Å²) in [7, 11) is 1.78. The van der Waals surface area contributed by atoms with Crippen LogP contribution >= 0.6 is 0 Å². The Morgan fingerprint density at radius 2 is 2.08 bits per heavy atom. The van der Waals surface area contributed by atoms with E-state index in [1.807, 2.05) is 0 Å². The number of nitrogens with zero attached hydrogens (tertiary/aromatic N) is 4. The van der Waals surface area contributed by atoms with Crippen molar-refractivity contribution >= 4 is 11.9 Å². The monoisotopic (exact) mass is 183 g/mol. The Bertz CT molecular complexity index is 272. The summed E-state index contributed by atoms with van der Waals surface area (Å²) >= 11 is 0. The van der Waals surface area contributed by atoms with E-state index in [2.05, 4.69) is 15.0 Å². The summed E-state index contributed by atoms with van der Waals surface area (Å²) in [5.74, 6) is 1.14. The molecule has 2 rings (SSSR count). The highest BCUT2D eigenvalue weighted by Crippen LogP contribution is 2.11. The number of hydrogen-bond acceptors (Lipinski definition) is 5. The lowest BCUT2D eigenvalue weighted by Crippen LogP contribution is -2.37. The van der Waals surface area contributed by atoms with E-state index >= 15 is 0 Å². The highest BCUT2D eigenvalue weighted by molar-refractivity contribution is 5.34. The van der Waals surface area contributed by atoms with Gasteiger partial charge in [0.1, 0.15) is 0 Å². The van der Waals surface area contributed by atoms with Gasteiger partial charge in [-0.25, -0.2) is 4.68 Å². The minimum Gasteiger partial charge on any atom is -0.378 e. The first-order valence-corrected chi connectivity index (χ1v) is 4.26. The normalized spacial score (nSPS) is 17.8. The maximum absolute atomic E-state index is 5.58. The van der Waals surface area contributed by atoms with Crippen molar-refractivity contribution in [3.63, 3.8) is 0 Å². The van der Waals surface area contributed by atoms with Crippen molar-refractivity contribution < 1.29 is 4.74 Å². The molecule has 1 aromatic heterocycles. The van der Waals surface area contributed by atoms with Gasteiger partial charge in [-0.05, 0) is 0 Å². The summed E-state index contributed by atoms with van der Waals surface area (Å²) in [5.41, 5.74) is 5.58. The first-order chi connectivity index (χ1) is 6.27. The Kier molecular flexibility index (Phi) is 2.05. The first kappa shape index (κ1) is 8.31. The number of nitrogen functional groups attached to an aromatic ring is 1. The molecular formula is C7H13N5O.